The van der Waals surface area contributed by atoms with Gasteiger partial charge in [-0.2, -0.15) is 24.8 Å². The highest BCUT2D eigenvalue weighted by Crippen LogP contribution is 2.49. The molecule has 1 aromatic rings. The lowest BCUT2D eigenvalue weighted by Crippen LogP contribution is -2.16. The van der Waals surface area contributed by atoms with Crippen molar-refractivity contribution in [3.05, 3.63) is 30.3 Å². The Hall–Kier alpha value is -0.810. The van der Waals surface area contributed by atoms with Gasteiger partial charge in [0, 0.05) is 0 Å². The Morgan fingerprint density at radius 2 is 1.28 bits per heavy atom. The Balaban J connectivity index is 3.31. The van der Waals surface area contributed by atoms with Crippen LogP contribution in [0.3, 0.4) is 0 Å². The average Bonchev–Trinajstić information content (AvgIpc) is 2.13. The van der Waals surface area contributed by atoms with Gasteiger partial charge in [0.25, 0.3) is 0 Å². The summed E-state index contributed by atoms with van der Waals surface area (Å²) in [6.45, 7) is 0. The molecule has 0 saturated carbocycles. The lowest BCUT2D eigenvalue weighted by atomic mass is 10.4. The van der Waals surface area contributed by atoms with E-state index in [0.717, 1.165) is 12.1 Å². The first-order valence-corrected chi connectivity index (χ1v) is 8.32. The summed E-state index contributed by atoms with van der Waals surface area (Å²) in [5.74, 6) is 0. The van der Waals surface area contributed by atoms with Crippen molar-refractivity contribution in [1.82, 2.24) is 0 Å². The Morgan fingerprint density at radius 1 is 0.889 bits per heavy atom. The molecule has 0 atom stereocenters. The van der Waals surface area contributed by atoms with Crippen LogP contribution in [0.2, 0.25) is 0 Å². The summed E-state index contributed by atoms with van der Waals surface area (Å²) in [7, 11) is -15.5. The van der Waals surface area contributed by atoms with Crippen molar-refractivity contribution in [1.29, 1.82) is 0 Å². The SMILES string of the molecule is O=P(OS(=O)(=O)O)(OS(=O)(=O)O)c1ccccc1. The van der Waals surface area contributed by atoms with Crippen LogP contribution in [0.5, 0.6) is 0 Å². The van der Waals surface area contributed by atoms with E-state index in [4.69, 9.17) is 9.11 Å². The fourth-order valence-electron chi connectivity index (χ4n) is 0.957. The monoisotopic (exact) mass is 318 g/mol. The molecule has 0 bridgehead atoms. The topological polar surface area (TPSA) is 144 Å². The van der Waals surface area contributed by atoms with Gasteiger partial charge < -0.3 is 0 Å². The number of rotatable bonds is 5. The fourth-order valence-corrected chi connectivity index (χ4v) is 4.49. The van der Waals surface area contributed by atoms with E-state index < -0.39 is 33.7 Å². The summed E-state index contributed by atoms with van der Waals surface area (Å²) < 4.78 is 78.3. The summed E-state index contributed by atoms with van der Waals surface area (Å²) in [6.07, 6.45) is 0. The van der Waals surface area contributed by atoms with Crippen LogP contribution in [0.1, 0.15) is 0 Å². The second-order valence-corrected chi connectivity index (χ2v) is 7.25. The molecule has 0 spiro atoms. The smallest absolute Gasteiger partial charge is 0.263 e. The first-order chi connectivity index (χ1) is 8.02. The maximum atomic E-state index is 11.9. The Bertz CT molecular complexity index is 624. The molecular weight excluding hydrogens is 311 g/mol. The van der Waals surface area contributed by atoms with Gasteiger partial charge in [-0.15, -0.1) is 0 Å². The molecule has 102 valence electrons. The van der Waals surface area contributed by atoms with E-state index in [9.17, 15) is 21.4 Å². The maximum absolute atomic E-state index is 11.9. The predicted molar refractivity (Wildman–Crippen MR) is 58.9 cm³/mol. The van der Waals surface area contributed by atoms with Gasteiger partial charge in [0.2, 0.25) is 0 Å². The van der Waals surface area contributed by atoms with Gasteiger partial charge in [0.05, 0.1) is 5.30 Å². The molecule has 0 radical (unpaired) electrons. The minimum Gasteiger partial charge on any atom is -0.263 e. The minimum absolute atomic E-state index is 0.486. The second kappa shape index (κ2) is 5.05. The molecule has 0 aliphatic rings. The van der Waals surface area contributed by atoms with E-state index in [0.29, 0.717) is 0 Å². The zero-order chi connectivity index (χ0) is 14.0. The molecule has 9 nitrogen and oxygen atoms in total. The number of hydrogen-bond donors (Lipinski definition) is 2. The molecular formula is C6H7O9PS2. The van der Waals surface area contributed by atoms with E-state index in [2.05, 4.69) is 7.94 Å². The van der Waals surface area contributed by atoms with Crippen molar-refractivity contribution >= 4 is 33.7 Å². The van der Waals surface area contributed by atoms with Crippen LogP contribution >= 0.6 is 7.60 Å². The standard InChI is InChI=1S/C6H7O9PS2/c7-16(14-17(8,9)10,15-18(11,12)13)6-4-2-1-3-5-6/h1-5H,(H,8,9,10)(H,11,12,13). The molecule has 1 rings (SSSR count). The lowest BCUT2D eigenvalue weighted by molar-refractivity contribution is 0.330. The average molecular weight is 318 g/mol. The maximum Gasteiger partial charge on any atom is 0.405 e. The Labute approximate surface area is 103 Å². The van der Waals surface area contributed by atoms with Crippen LogP contribution in [-0.4, -0.2) is 25.9 Å². The van der Waals surface area contributed by atoms with Crippen molar-refractivity contribution < 1.29 is 38.4 Å². The third kappa shape index (κ3) is 4.82. The van der Waals surface area contributed by atoms with Gasteiger partial charge in [0.15, 0.2) is 0 Å². The third-order valence-corrected chi connectivity index (χ3v) is 5.46. The van der Waals surface area contributed by atoms with Gasteiger partial charge in [-0.1, -0.05) is 18.2 Å². The quantitative estimate of drug-likeness (QED) is 0.572. The van der Waals surface area contributed by atoms with Crippen LogP contribution in [0, 0.1) is 0 Å². The molecule has 1 aromatic carbocycles. The number of benzene rings is 1. The second-order valence-electron chi connectivity index (χ2n) is 2.84. The lowest BCUT2D eigenvalue weighted by Gasteiger charge is -2.13. The van der Waals surface area contributed by atoms with E-state index in [1.807, 2.05) is 0 Å². The molecule has 0 heterocycles. The van der Waals surface area contributed by atoms with E-state index in [1.54, 1.807) is 0 Å². The number of hydrogen-bond acceptors (Lipinski definition) is 7. The molecule has 0 aliphatic heterocycles. The summed E-state index contributed by atoms with van der Waals surface area (Å²) in [5, 5.41) is -0.486. The van der Waals surface area contributed by atoms with Crippen LogP contribution in [0.4, 0.5) is 0 Å². The van der Waals surface area contributed by atoms with Crippen molar-refractivity contribution in [2.45, 2.75) is 0 Å². The van der Waals surface area contributed by atoms with Crippen LogP contribution in [-0.2, 0) is 33.3 Å². The highest BCUT2D eigenvalue weighted by Gasteiger charge is 2.38. The molecule has 0 aliphatic carbocycles. The minimum atomic E-state index is -5.27. The van der Waals surface area contributed by atoms with Crippen LogP contribution in [0.25, 0.3) is 0 Å². The molecule has 0 saturated heterocycles. The van der Waals surface area contributed by atoms with Crippen molar-refractivity contribution in [3.63, 3.8) is 0 Å². The molecule has 0 amide bonds. The van der Waals surface area contributed by atoms with Gasteiger partial charge in [0.1, 0.15) is 0 Å². The highest BCUT2D eigenvalue weighted by atomic mass is 32.3. The van der Waals surface area contributed by atoms with Gasteiger partial charge in [-0.25, -0.2) is 0 Å². The summed E-state index contributed by atoms with van der Waals surface area (Å²) in [5.41, 5.74) is 0. The summed E-state index contributed by atoms with van der Waals surface area (Å²) in [4.78, 5) is 0. The Kier molecular flexibility index (Phi) is 4.28. The highest BCUT2D eigenvalue weighted by molar-refractivity contribution is 7.92. The molecule has 0 aromatic heterocycles. The van der Waals surface area contributed by atoms with E-state index >= 15 is 0 Å². The fraction of sp³-hybridized carbons (Fsp3) is 0. The largest absolute Gasteiger partial charge is 0.405 e. The normalized spacial score (nSPS) is 13.4. The zero-order valence-electron chi connectivity index (χ0n) is 8.40. The van der Waals surface area contributed by atoms with Crippen molar-refractivity contribution in [3.8, 4) is 0 Å². The molecule has 12 heteroatoms. The first-order valence-electron chi connectivity index (χ1n) is 4.05. The molecule has 18 heavy (non-hydrogen) atoms. The molecule has 2 N–H and O–H groups in total. The van der Waals surface area contributed by atoms with E-state index in [-0.39, 0.29) is 0 Å². The van der Waals surface area contributed by atoms with Crippen LogP contribution in [0.15, 0.2) is 30.3 Å². The first kappa shape index (κ1) is 15.2. The third-order valence-electron chi connectivity index (χ3n) is 1.46. The molecule has 0 fully saturated rings. The van der Waals surface area contributed by atoms with Gasteiger partial charge in [-0.3, -0.25) is 13.7 Å². The summed E-state index contributed by atoms with van der Waals surface area (Å²) in [6, 6.07) is 6.06. The van der Waals surface area contributed by atoms with Crippen molar-refractivity contribution in [2.75, 3.05) is 0 Å². The zero-order valence-corrected chi connectivity index (χ0v) is 10.9. The van der Waals surface area contributed by atoms with E-state index in [1.165, 1.54) is 18.2 Å². The predicted octanol–water partition coefficient (Wildman–Crippen LogP) is 0.144. The van der Waals surface area contributed by atoms with Crippen molar-refractivity contribution in [2.24, 2.45) is 0 Å². The van der Waals surface area contributed by atoms with Gasteiger partial charge >= 0.3 is 28.4 Å². The van der Waals surface area contributed by atoms with Crippen LogP contribution < -0.4 is 5.30 Å². The summed E-state index contributed by atoms with van der Waals surface area (Å²) >= 11 is 0. The Morgan fingerprint density at radius 3 is 1.61 bits per heavy atom. The molecule has 0 unspecified atom stereocenters. The van der Waals surface area contributed by atoms with Gasteiger partial charge in [-0.05, 0) is 12.1 Å².